The quantitative estimate of drug-likeness (QED) is 0.547. The summed E-state index contributed by atoms with van der Waals surface area (Å²) in [6.45, 7) is 2.90. The molecule has 4 N–H and O–H groups in total. The van der Waals surface area contributed by atoms with Gasteiger partial charge in [-0.1, -0.05) is 0 Å². The molecular weight excluding hydrogens is 328 g/mol. The van der Waals surface area contributed by atoms with Gasteiger partial charge in [0, 0.05) is 18.3 Å². The van der Waals surface area contributed by atoms with Gasteiger partial charge in [0.1, 0.15) is 6.04 Å². The van der Waals surface area contributed by atoms with Crippen LogP contribution in [0.15, 0.2) is 0 Å². The van der Waals surface area contributed by atoms with Gasteiger partial charge >= 0.3 is 5.96 Å². The number of carbonyl (C=O) groups is 1. The molecule has 2 aliphatic heterocycles. The number of hydrogen-bond acceptors (Lipinski definition) is 4. The highest BCUT2D eigenvalue weighted by molar-refractivity contribution is 5.83. The van der Waals surface area contributed by atoms with Crippen molar-refractivity contribution in [3.63, 3.8) is 0 Å². The normalized spacial score (nSPS) is 43.5. The van der Waals surface area contributed by atoms with Gasteiger partial charge in [-0.15, -0.1) is 0 Å². The maximum Gasteiger partial charge on any atom is 0.346 e. The predicted octanol–water partition coefficient (Wildman–Crippen LogP) is 0.404. The number of guanidine groups is 1. The number of carbonyl (C=O) groups excluding carboxylic acids is 1. The molecule has 4 bridgehead atoms. The molecule has 0 radical (unpaired) electrons. The first-order valence-corrected chi connectivity index (χ1v) is 10.7. The van der Waals surface area contributed by atoms with E-state index in [9.17, 15) is 9.90 Å². The highest BCUT2D eigenvalue weighted by Crippen LogP contribution is 2.60. The van der Waals surface area contributed by atoms with E-state index in [1.54, 1.807) is 0 Å². The van der Waals surface area contributed by atoms with E-state index in [2.05, 4.69) is 20.5 Å². The second-order valence-electron chi connectivity index (χ2n) is 9.69. The SMILES string of the molecule is O=C(NC[C@H]1CC[N+]2=C(N1)N[C@@H](CO)CC2)C12CC3CC(CC(C3)C1)C2. The number of hydrogen-bond donors (Lipinski definition) is 4. The Hall–Kier alpha value is -1.30. The molecule has 0 unspecified atom stereocenters. The minimum absolute atomic E-state index is 0.0479. The lowest BCUT2D eigenvalue weighted by atomic mass is 9.49. The largest absolute Gasteiger partial charge is 0.393 e. The lowest BCUT2D eigenvalue weighted by Crippen LogP contribution is -2.62. The Labute approximate surface area is 155 Å². The highest BCUT2D eigenvalue weighted by Gasteiger charge is 2.54. The van der Waals surface area contributed by atoms with E-state index in [0.29, 0.717) is 12.5 Å². The van der Waals surface area contributed by atoms with Crippen LogP contribution < -0.4 is 16.0 Å². The topological polar surface area (TPSA) is 76.4 Å². The van der Waals surface area contributed by atoms with Gasteiger partial charge in [0.25, 0.3) is 0 Å². The fourth-order valence-electron chi connectivity index (χ4n) is 6.80. The average molecular weight is 362 g/mol. The molecule has 144 valence electrons. The van der Waals surface area contributed by atoms with Crippen LogP contribution in [-0.2, 0) is 4.79 Å². The third-order valence-electron chi connectivity index (χ3n) is 7.74. The molecule has 0 spiro atoms. The fraction of sp³-hybridized carbons (Fsp3) is 0.900. The van der Waals surface area contributed by atoms with E-state index in [4.69, 9.17) is 0 Å². The number of aliphatic hydroxyl groups excluding tert-OH is 1. The first-order valence-electron chi connectivity index (χ1n) is 10.7. The molecule has 26 heavy (non-hydrogen) atoms. The zero-order valence-electron chi connectivity index (χ0n) is 15.7. The summed E-state index contributed by atoms with van der Waals surface area (Å²) in [6.07, 6.45) is 9.56. The van der Waals surface area contributed by atoms with E-state index in [-0.39, 0.29) is 24.1 Å². The molecule has 0 aromatic rings. The van der Waals surface area contributed by atoms with Gasteiger partial charge in [-0.3, -0.25) is 20.0 Å². The fourth-order valence-corrected chi connectivity index (χ4v) is 6.80. The maximum absolute atomic E-state index is 13.1. The predicted molar refractivity (Wildman–Crippen MR) is 98.8 cm³/mol. The van der Waals surface area contributed by atoms with Crippen LogP contribution in [0.5, 0.6) is 0 Å². The number of rotatable bonds is 4. The first kappa shape index (κ1) is 16.8. The van der Waals surface area contributed by atoms with Crippen LogP contribution in [0.2, 0.25) is 0 Å². The van der Waals surface area contributed by atoms with Crippen LogP contribution in [0, 0.1) is 23.2 Å². The Kier molecular flexibility index (Phi) is 4.14. The van der Waals surface area contributed by atoms with Gasteiger partial charge in [0.05, 0.1) is 32.3 Å². The second-order valence-corrected chi connectivity index (χ2v) is 9.69. The highest BCUT2D eigenvalue weighted by atomic mass is 16.3. The Morgan fingerprint density at radius 3 is 2.23 bits per heavy atom. The van der Waals surface area contributed by atoms with Crippen LogP contribution in [-0.4, -0.2) is 59.9 Å². The Morgan fingerprint density at radius 1 is 1.04 bits per heavy atom. The molecule has 2 atom stereocenters. The van der Waals surface area contributed by atoms with Crippen LogP contribution in [0.4, 0.5) is 0 Å². The molecule has 6 aliphatic rings. The summed E-state index contributed by atoms with van der Waals surface area (Å²) < 4.78 is 2.32. The van der Waals surface area contributed by atoms with Crippen LogP contribution in [0.25, 0.3) is 0 Å². The van der Waals surface area contributed by atoms with Gasteiger partial charge in [-0.25, -0.2) is 0 Å². The summed E-state index contributed by atoms with van der Waals surface area (Å²) in [5.41, 5.74) is -0.0479. The lowest BCUT2D eigenvalue weighted by Gasteiger charge is -2.55. The number of nitrogens with zero attached hydrogens (tertiary/aromatic N) is 1. The van der Waals surface area contributed by atoms with Gasteiger partial charge in [0.15, 0.2) is 0 Å². The van der Waals surface area contributed by atoms with E-state index in [1.165, 1.54) is 19.3 Å². The van der Waals surface area contributed by atoms with Crippen molar-refractivity contribution in [2.45, 2.75) is 63.5 Å². The first-order chi connectivity index (χ1) is 12.6. The third kappa shape index (κ3) is 2.90. The maximum atomic E-state index is 13.1. The minimum Gasteiger partial charge on any atom is -0.393 e. The Balaban J connectivity index is 1.18. The molecule has 0 aromatic heterocycles. The molecule has 0 saturated heterocycles. The van der Waals surface area contributed by atoms with Crippen LogP contribution >= 0.6 is 0 Å². The van der Waals surface area contributed by atoms with Crippen molar-refractivity contribution in [3.8, 4) is 0 Å². The summed E-state index contributed by atoms with van der Waals surface area (Å²) >= 11 is 0. The van der Waals surface area contributed by atoms with Crippen molar-refractivity contribution >= 4 is 11.9 Å². The third-order valence-corrected chi connectivity index (χ3v) is 7.74. The molecule has 6 nitrogen and oxygen atoms in total. The van der Waals surface area contributed by atoms with Crippen LogP contribution in [0.1, 0.15) is 51.4 Å². The monoisotopic (exact) mass is 361 g/mol. The molecule has 6 rings (SSSR count). The Morgan fingerprint density at radius 2 is 1.62 bits per heavy atom. The van der Waals surface area contributed by atoms with E-state index >= 15 is 0 Å². The smallest absolute Gasteiger partial charge is 0.346 e. The molecule has 2 heterocycles. The van der Waals surface area contributed by atoms with E-state index < -0.39 is 0 Å². The van der Waals surface area contributed by atoms with Crippen molar-refractivity contribution in [3.05, 3.63) is 0 Å². The molecule has 6 heteroatoms. The summed E-state index contributed by atoms with van der Waals surface area (Å²) in [7, 11) is 0. The van der Waals surface area contributed by atoms with Gasteiger partial charge in [-0.05, 0) is 56.3 Å². The summed E-state index contributed by atoms with van der Waals surface area (Å²) in [4.78, 5) is 13.1. The van der Waals surface area contributed by atoms with Gasteiger partial charge in [0.2, 0.25) is 5.91 Å². The molecule has 4 fully saturated rings. The van der Waals surface area contributed by atoms with Crippen molar-refractivity contribution < 1.29 is 14.5 Å². The summed E-state index contributed by atoms with van der Waals surface area (Å²) in [5.74, 6) is 3.80. The number of aliphatic hydroxyl groups is 1. The standard InChI is InChI=1S/C20H32N4O2/c25-12-17-2-4-24-3-1-16(22-19(24)23-17)11-21-18(26)20-8-13-5-14(9-20)7-15(6-13)10-20/h13-17,25H,1-12H2,(H2,21,22,23,26)/p+1/t13?,14?,15?,16-,17-,20?/m1/s1. The minimum atomic E-state index is -0.0479. The molecular formula is C20H33N4O2+. The zero-order valence-corrected chi connectivity index (χ0v) is 15.7. The van der Waals surface area contributed by atoms with E-state index in [0.717, 1.165) is 68.9 Å². The van der Waals surface area contributed by atoms with Crippen molar-refractivity contribution in [2.24, 2.45) is 23.2 Å². The van der Waals surface area contributed by atoms with Gasteiger partial charge < -0.3 is 10.4 Å². The number of amides is 1. The lowest BCUT2D eigenvalue weighted by molar-refractivity contribution is -0.542. The van der Waals surface area contributed by atoms with Crippen molar-refractivity contribution in [2.75, 3.05) is 26.2 Å². The van der Waals surface area contributed by atoms with Crippen molar-refractivity contribution in [1.29, 1.82) is 0 Å². The summed E-state index contributed by atoms with van der Waals surface area (Å²) in [5, 5.41) is 19.7. The average Bonchev–Trinajstić information content (AvgIpc) is 2.64. The number of nitrogens with one attached hydrogen (secondary N) is 3. The van der Waals surface area contributed by atoms with Crippen LogP contribution in [0.3, 0.4) is 0 Å². The zero-order chi connectivity index (χ0) is 17.7. The summed E-state index contributed by atoms with van der Waals surface area (Å²) in [6, 6.07) is 0.429. The molecule has 4 aliphatic carbocycles. The Bertz CT molecular complexity index is 582. The van der Waals surface area contributed by atoms with E-state index in [1.807, 2.05) is 0 Å². The van der Waals surface area contributed by atoms with Crippen molar-refractivity contribution in [1.82, 2.24) is 16.0 Å². The molecule has 0 aromatic carbocycles. The second kappa shape index (κ2) is 6.39. The van der Waals surface area contributed by atoms with Gasteiger partial charge in [-0.2, -0.15) is 0 Å². The molecule has 4 saturated carbocycles. The molecule has 1 amide bonds.